The van der Waals surface area contributed by atoms with E-state index < -0.39 is 9.84 Å². The van der Waals surface area contributed by atoms with Crippen LogP contribution in [0.5, 0.6) is 0 Å². The molecule has 0 N–H and O–H groups in total. The van der Waals surface area contributed by atoms with Gasteiger partial charge in [-0.25, -0.2) is 8.42 Å². The number of nitrogens with zero attached hydrogens (tertiary/aromatic N) is 1. The highest BCUT2D eigenvalue weighted by atomic mass is 127. The summed E-state index contributed by atoms with van der Waals surface area (Å²) in [5, 5.41) is 9.14. The predicted octanol–water partition coefficient (Wildman–Crippen LogP) is 3.63. The van der Waals surface area contributed by atoms with Crippen LogP contribution in [0.3, 0.4) is 0 Å². The van der Waals surface area contributed by atoms with Crippen LogP contribution in [0.25, 0.3) is 6.08 Å². The maximum Gasteiger partial charge on any atom is 0.216 e. The molecule has 0 aliphatic carbocycles. The molecule has 2 aromatic rings. The van der Waals surface area contributed by atoms with Gasteiger partial charge in [0.2, 0.25) is 9.84 Å². The molecule has 0 bridgehead atoms. The summed E-state index contributed by atoms with van der Waals surface area (Å²) in [6.45, 7) is 0. The Hall–Kier alpha value is -1.65. The van der Waals surface area contributed by atoms with Gasteiger partial charge in [-0.15, -0.1) is 0 Å². The summed E-state index contributed by atoms with van der Waals surface area (Å²) >= 11 is 2.16. The van der Waals surface area contributed by atoms with Crippen molar-refractivity contribution in [3.63, 3.8) is 0 Å². The fourth-order valence-electron chi connectivity index (χ4n) is 1.61. The molecule has 0 aromatic heterocycles. The Balaban J connectivity index is 2.48. The lowest BCUT2D eigenvalue weighted by atomic mass is 10.2. The van der Waals surface area contributed by atoms with Crippen LogP contribution in [0.15, 0.2) is 64.4 Å². The highest BCUT2D eigenvalue weighted by Crippen LogP contribution is 2.21. The molecule has 0 unspecified atom stereocenters. The van der Waals surface area contributed by atoms with Crippen molar-refractivity contribution in [1.29, 1.82) is 5.26 Å². The van der Waals surface area contributed by atoms with Gasteiger partial charge in [-0.1, -0.05) is 30.3 Å². The number of benzene rings is 2. The molecule has 5 heteroatoms. The van der Waals surface area contributed by atoms with Gasteiger partial charge in [-0.3, -0.25) is 0 Å². The van der Waals surface area contributed by atoms with Crippen LogP contribution >= 0.6 is 22.6 Å². The average molecular weight is 395 g/mol. The molecule has 20 heavy (non-hydrogen) atoms. The minimum atomic E-state index is -3.76. The maximum absolute atomic E-state index is 12.3. The summed E-state index contributed by atoms with van der Waals surface area (Å²) in [6, 6.07) is 17.0. The first-order chi connectivity index (χ1) is 9.54. The Morgan fingerprint density at radius 2 is 1.65 bits per heavy atom. The second-order valence-electron chi connectivity index (χ2n) is 3.99. The van der Waals surface area contributed by atoms with Crippen molar-refractivity contribution in [2.75, 3.05) is 0 Å². The molecule has 0 aliphatic heterocycles. The molecule has 2 aromatic carbocycles. The molecule has 0 fully saturated rings. The van der Waals surface area contributed by atoms with Crippen LogP contribution < -0.4 is 0 Å². The van der Waals surface area contributed by atoms with Crippen molar-refractivity contribution in [1.82, 2.24) is 0 Å². The third kappa shape index (κ3) is 3.26. The van der Waals surface area contributed by atoms with Gasteiger partial charge in [-0.05, 0) is 58.5 Å². The number of hydrogen-bond acceptors (Lipinski definition) is 3. The molecule has 0 amide bonds. The fraction of sp³-hybridized carbons (Fsp3) is 0. The number of hydrogen-bond donors (Lipinski definition) is 0. The SMILES string of the molecule is N#C/C(=C/c1ccc(I)cc1)S(=O)(=O)c1ccccc1. The van der Waals surface area contributed by atoms with E-state index >= 15 is 0 Å². The lowest BCUT2D eigenvalue weighted by Gasteiger charge is -2.02. The van der Waals surface area contributed by atoms with E-state index in [-0.39, 0.29) is 9.80 Å². The van der Waals surface area contributed by atoms with Gasteiger partial charge >= 0.3 is 0 Å². The average Bonchev–Trinajstić information content (AvgIpc) is 2.47. The number of halogens is 1. The molecule has 0 heterocycles. The van der Waals surface area contributed by atoms with E-state index in [4.69, 9.17) is 5.26 Å². The van der Waals surface area contributed by atoms with Crippen LogP contribution in [0, 0.1) is 14.9 Å². The van der Waals surface area contributed by atoms with Gasteiger partial charge in [-0.2, -0.15) is 5.26 Å². The monoisotopic (exact) mass is 395 g/mol. The number of nitriles is 1. The van der Waals surface area contributed by atoms with Crippen molar-refractivity contribution in [2.24, 2.45) is 0 Å². The van der Waals surface area contributed by atoms with Gasteiger partial charge in [0.15, 0.2) is 0 Å². The molecule has 0 spiro atoms. The van der Waals surface area contributed by atoms with Gasteiger partial charge in [0.25, 0.3) is 0 Å². The van der Waals surface area contributed by atoms with Crippen LogP contribution in [0.1, 0.15) is 5.56 Å². The summed E-state index contributed by atoms with van der Waals surface area (Å²) < 4.78 is 25.7. The molecule has 3 nitrogen and oxygen atoms in total. The number of allylic oxidation sites excluding steroid dienone is 1. The molecule has 100 valence electrons. The van der Waals surface area contributed by atoms with Crippen molar-refractivity contribution in [3.05, 3.63) is 68.6 Å². The summed E-state index contributed by atoms with van der Waals surface area (Å²) in [4.78, 5) is -0.136. The summed E-state index contributed by atoms with van der Waals surface area (Å²) in [7, 11) is -3.76. The molecular formula is C15H10INO2S. The third-order valence-corrected chi connectivity index (χ3v) is 5.02. The zero-order chi connectivity index (χ0) is 14.6. The first kappa shape index (κ1) is 14.8. The second kappa shape index (κ2) is 6.20. The Labute approximate surface area is 131 Å². The van der Waals surface area contributed by atoms with E-state index in [1.165, 1.54) is 18.2 Å². The van der Waals surface area contributed by atoms with E-state index in [2.05, 4.69) is 22.6 Å². The van der Waals surface area contributed by atoms with E-state index in [0.717, 1.165) is 3.57 Å². The highest BCUT2D eigenvalue weighted by molar-refractivity contribution is 14.1. The summed E-state index contributed by atoms with van der Waals surface area (Å²) in [5.41, 5.74) is 0.682. The molecule has 2 rings (SSSR count). The minimum absolute atomic E-state index is 0.123. The Morgan fingerprint density at radius 1 is 1.05 bits per heavy atom. The maximum atomic E-state index is 12.3. The standard InChI is InChI=1S/C15H10INO2S/c16-13-8-6-12(7-9-13)10-15(11-17)20(18,19)14-4-2-1-3-5-14/h1-10H/b15-10-. The van der Waals surface area contributed by atoms with E-state index in [9.17, 15) is 8.42 Å². The molecular weight excluding hydrogens is 385 g/mol. The quantitative estimate of drug-likeness (QED) is 0.589. The topological polar surface area (TPSA) is 57.9 Å². The molecule has 0 atom stereocenters. The second-order valence-corrected chi connectivity index (χ2v) is 7.15. The molecule has 0 saturated heterocycles. The third-order valence-electron chi connectivity index (χ3n) is 2.62. The van der Waals surface area contributed by atoms with Crippen LogP contribution in [-0.2, 0) is 9.84 Å². The predicted molar refractivity (Wildman–Crippen MR) is 86.4 cm³/mol. The lowest BCUT2D eigenvalue weighted by Crippen LogP contribution is -2.03. The largest absolute Gasteiger partial charge is 0.218 e. The molecule has 0 aliphatic rings. The zero-order valence-electron chi connectivity index (χ0n) is 10.3. The smallest absolute Gasteiger partial charge is 0.216 e. The van der Waals surface area contributed by atoms with E-state index in [0.29, 0.717) is 5.56 Å². The van der Waals surface area contributed by atoms with E-state index in [1.54, 1.807) is 36.4 Å². The van der Waals surface area contributed by atoms with E-state index in [1.807, 2.05) is 12.1 Å². The van der Waals surface area contributed by atoms with Gasteiger partial charge in [0, 0.05) is 3.57 Å². The van der Waals surface area contributed by atoms with Gasteiger partial charge in [0.1, 0.15) is 11.0 Å². The normalized spacial score (nSPS) is 11.9. The van der Waals surface area contributed by atoms with Gasteiger partial charge < -0.3 is 0 Å². The number of sulfone groups is 1. The fourth-order valence-corrected chi connectivity index (χ4v) is 3.15. The Kier molecular flexibility index (Phi) is 4.57. The zero-order valence-corrected chi connectivity index (χ0v) is 13.3. The van der Waals surface area contributed by atoms with Crippen molar-refractivity contribution >= 4 is 38.5 Å². The molecule has 0 saturated carbocycles. The van der Waals surface area contributed by atoms with Gasteiger partial charge in [0.05, 0.1) is 4.90 Å². The minimum Gasteiger partial charge on any atom is -0.218 e. The van der Waals surface area contributed by atoms with Crippen molar-refractivity contribution < 1.29 is 8.42 Å². The highest BCUT2D eigenvalue weighted by Gasteiger charge is 2.20. The Bertz CT molecular complexity index is 773. The number of rotatable bonds is 3. The summed E-state index contributed by atoms with van der Waals surface area (Å²) in [5.74, 6) is 0. The summed E-state index contributed by atoms with van der Waals surface area (Å²) in [6.07, 6.45) is 1.39. The van der Waals surface area contributed by atoms with Crippen LogP contribution in [-0.4, -0.2) is 8.42 Å². The molecule has 0 radical (unpaired) electrons. The van der Waals surface area contributed by atoms with Crippen LogP contribution in [0.2, 0.25) is 0 Å². The lowest BCUT2D eigenvalue weighted by molar-refractivity contribution is 0.603. The Morgan fingerprint density at radius 3 is 2.20 bits per heavy atom. The van der Waals surface area contributed by atoms with Crippen molar-refractivity contribution in [2.45, 2.75) is 4.90 Å². The van der Waals surface area contributed by atoms with Crippen molar-refractivity contribution in [3.8, 4) is 6.07 Å². The first-order valence-corrected chi connectivity index (χ1v) is 8.28. The first-order valence-electron chi connectivity index (χ1n) is 5.71. The van der Waals surface area contributed by atoms with Crippen LogP contribution in [0.4, 0.5) is 0 Å².